The van der Waals surface area contributed by atoms with Crippen molar-refractivity contribution in [2.75, 3.05) is 0 Å². The molecule has 0 spiro atoms. The van der Waals surface area contributed by atoms with E-state index in [1.165, 1.54) is 0 Å². The summed E-state index contributed by atoms with van der Waals surface area (Å²) < 4.78 is 0. The molecule has 0 saturated heterocycles. The number of hydrogen-bond acceptors (Lipinski definition) is 9. The molecular weight excluding hydrogens is 439 g/mol. The van der Waals surface area contributed by atoms with Gasteiger partial charge in [-0.05, 0) is 0 Å². The maximum absolute atomic E-state index is 8.25. The third-order valence-corrected chi connectivity index (χ3v) is 0. The summed E-state index contributed by atoms with van der Waals surface area (Å²) in [6.45, 7) is 0. The van der Waals surface area contributed by atoms with Gasteiger partial charge in [-0.2, -0.15) is 0 Å². The van der Waals surface area contributed by atoms with E-state index in [1.54, 1.807) is 0 Å². The molecule has 123 valence electrons. The van der Waals surface area contributed by atoms with Crippen LogP contribution in [0.15, 0.2) is 0 Å². The third-order valence-electron chi connectivity index (χ3n) is 0. The Hall–Kier alpha value is -1.08. The fourth-order valence-corrected chi connectivity index (χ4v) is 0. The van der Waals surface area contributed by atoms with E-state index in [-0.39, 0.29) is 74.3 Å². The molecule has 0 aromatic carbocycles. The van der Waals surface area contributed by atoms with Gasteiger partial charge in [-0.25, -0.2) is 0 Å². The van der Waals surface area contributed by atoms with Gasteiger partial charge in [0.15, 0.2) is 0 Å². The molecule has 17 nitrogen and oxygen atoms in total. The van der Waals surface area contributed by atoms with E-state index in [1.807, 2.05) is 0 Å². The van der Waals surface area contributed by atoms with Crippen molar-refractivity contribution >= 4 is 0 Å². The zero-order valence-electron chi connectivity index (χ0n) is 7.78. The molecule has 0 aliphatic heterocycles. The Morgan fingerprint density at radius 3 is 0.444 bits per heavy atom. The average Bonchev–Trinajstić information content (AvgIpc) is 1.54. The van der Waals surface area contributed by atoms with Gasteiger partial charge in [-0.1, -0.05) is 0 Å². The van der Waals surface area contributed by atoms with Crippen LogP contribution < -0.4 is 0 Å². The van der Waals surface area contributed by atoms with Gasteiger partial charge in [0.2, 0.25) is 0 Å². The Kier molecular flexibility index (Phi) is 215. The van der Waals surface area contributed by atoms with Gasteiger partial charge >= 0.3 is 46.9 Å². The van der Waals surface area contributed by atoms with Gasteiger partial charge in [0.1, 0.15) is 0 Å². The predicted octanol–water partition coefficient (Wildman–Crippen LogP) is -4.84. The number of nitrogens with zero attached hydrogens (tertiary/aromatic N) is 3. The smallest absolute Gasteiger partial charge is 0.412 e. The van der Waals surface area contributed by atoms with Crippen LogP contribution in [0.4, 0.5) is 0 Å². The van der Waals surface area contributed by atoms with E-state index < -0.39 is 15.3 Å². The SMILES string of the molecule is O.O.O.O.O.O=[N+]([O-])[O-].O=[N+]([O-])[O-].O=[N+]([O-])[O-].[Yb+3]. The minimum Gasteiger partial charge on any atom is -0.412 e. The molecule has 10 N–H and O–H groups in total. The second kappa shape index (κ2) is 56.5. The Labute approximate surface area is 135 Å². The molecule has 0 rings (SSSR count). The van der Waals surface area contributed by atoms with Crippen LogP contribution in [-0.4, -0.2) is 42.6 Å². The van der Waals surface area contributed by atoms with E-state index in [2.05, 4.69) is 0 Å². The fraction of sp³-hybridized carbons (Fsp3) is 0. The first-order valence-corrected chi connectivity index (χ1v) is 1.64. The Balaban J connectivity index is -0.00000000827. The Morgan fingerprint density at radius 2 is 0.444 bits per heavy atom. The molecule has 18 heteroatoms. The maximum Gasteiger partial charge on any atom is 3.00 e. The fourth-order valence-electron chi connectivity index (χ4n) is 0. The molecule has 0 aromatic heterocycles. The van der Waals surface area contributed by atoms with Gasteiger partial charge in [0.25, 0.3) is 0 Å². The van der Waals surface area contributed by atoms with Gasteiger partial charge in [0.05, 0.1) is 15.3 Å². The summed E-state index contributed by atoms with van der Waals surface area (Å²) in [5, 5.41) is 44.2. The summed E-state index contributed by atoms with van der Waals surface area (Å²) in [5.74, 6) is 0. The van der Waals surface area contributed by atoms with Crippen molar-refractivity contribution < 1.29 is 89.6 Å². The molecule has 0 aliphatic rings. The van der Waals surface area contributed by atoms with Crippen molar-refractivity contribution in [2.24, 2.45) is 0 Å². The van der Waals surface area contributed by atoms with Crippen LogP contribution in [0, 0.1) is 92.9 Å². The first-order valence-electron chi connectivity index (χ1n) is 1.64. The van der Waals surface area contributed by atoms with E-state index in [9.17, 15) is 0 Å². The van der Waals surface area contributed by atoms with Crippen molar-refractivity contribution in [3.8, 4) is 0 Å². The molecule has 0 aliphatic carbocycles. The van der Waals surface area contributed by atoms with Gasteiger partial charge in [0, 0.05) is 0 Å². The maximum atomic E-state index is 8.25. The molecule has 0 unspecified atom stereocenters. The first-order chi connectivity index (χ1) is 5.20. The van der Waals surface area contributed by atoms with Crippen LogP contribution in [0.3, 0.4) is 0 Å². The third kappa shape index (κ3) is 2480. The van der Waals surface area contributed by atoms with Gasteiger partial charge in [-0.3, -0.25) is 0 Å². The van der Waals surface area contributed by atoms with Gasteiger partial charge < -0.3 is 73.3 Å². The number of rotatable bonds is 0. The van der Waals surface area contributed by atoms with Crippen LogP contribution in [0.1, 0.15) is 0 Å². The topological polar surface area (TPSA) is 356 Å². The molecule has 0 aromatic rings. The molecule has 1 radical (unpaired) electrons. The Bertz CT molecular complexity index is 115. The second-order valence-corrected chi connectivity index (χ2v) is 0.671. The van der Waals surface area contributed by atoms with E-state index in [4.69, 9.17) is 46.0 Å². The summed E-state index contributed by atoms with van der Waals surface area (Å²) in [6, 6.07) is 0. The summed E-state index contributed by atoms with van der Waals surface area (Å²) in [5.41, 5.74) is 0. The minimum absolute atomic E-state index is 0. The molecular formula is H10N3O14Yb. The summed E-state index contributed by atoms with van der Waals surface area (Å²) in [7, 11) is 0. The van der Waals surface area contributed by atoms with Crippen LogP contribution in [0.2, 0.25) is 0 Å². The minimum atomic E-state index is -1.75. The molecule has 0 fully saturated rings. The molecule has 0 heterocycles. The van der Waals surface area contributed by atoms with Gasteiger partial charge in [-0.15, -0.1) is 0 Å². The van der Waals surface area contributed by atoms with Crippen molar-refractivity contribution in [2.45, 2.75) is 0 Å². The predicted molar refractivity (Wildman–Crippen MR) is 49.2 cm³/mol. The summed E-state index contributed by atoms with van der Waals surface area (Å²) >= 11 is 0. The van der Waals surface area contributed by atoms with Crippen LogP contribution in [0.25, 0.3) is 0 Å². The van der Waals surface area contributed by atoms with Crippen molar-refractivity contribution in [3.05, 3.63) is 46.0 Å². The molecule has 0 bridgehead atoms. The Morgan fingerprint density at radius 1 is 0.444 bits per heavy atom. The molecule has 0 atom stereocenters. The molecule has 18 heavy (non-hydrogen) atoms. The largest absolute Gasteiger partial charge is 3.00 e. The van der Waals surface area contributed by atoms with Crippen LogP contribution in [0.5, 0.6) is 0 Å². The van der Waals surface area contributed by atoms with Crippen LogP contribution >= 0.6 is 0 Å². The first kappa shape index (κ1) is 68.4. The number of hydrogen-bond donors (Lipinski definition) is 0. The van der Waals surface area contributed by atoms with E-state index in [0.29, 0.717) is 0 Å². The van der Waals surface area contributed by atoms with Crippen LogP contribution in [-0.2, 0) is 0 Å². The molecule has 0 amide bonds. The summed E-state index contributed by atoms with van der Waals surface area (Å²) in [6.07, 6.45) is 0. The normalized spacial score (nSPS) is 4.00. The monoisotopic (exact) mass is 450 g/mol. The average molecular weight is 449 g/mol. The van der Waals surface area contributed by atoms with E-state index in [0.717, 1.165) is 0 Å². The summed E-state index contributed by atoms with van der Waals surface area (Å²) in [4.78, 5) is 24.8. The zero-order chi connectivity index (χ0) is 10.7. The zero-order valence-corrected chi connectivity index (χ0v) is 9.50. The van der Waals surface area contributed by atoms with Crippen molar-refractivity contribution in [1.29, 1.82) is 0 Å². The second-order valence-electron chi connectivity index (χ2n) is 0.671. The van der Waals surface area contributed by atoms with E-state index >= 15 is 0 Å². The van der Waals surface area contributed by atoms with Crippen molar-refractivity contribution in [3.63, 3.8) is 0 Å². The standard InChI is InChI=1S/3NO3.5H2O.Yb/c3*2-1(3)4;;;;;;/h;;;5*1H2;/q3*-1;;;;;;+3. The van der Waals surface area contributed by atoms with Crippen molar-refractivity contribution in [1.82, 2.24) is 0 Å². The molecule has 0 saturated carbocycles. The quantitative estimate of drug-likeness (QED) is 0.252.